The molecule has 1 heterocycles. The number of anilines is 1. The van der Waals surface area contributed by atoms with Gasteiger partial charge in [0.15, 0.2) is 5.13 Å². The molecule has 2 rings (SSSR count). The average molecular weight is 257 g/mol. The molecule has 7 heteroatoms. The Morgan fingerprint density at radius 3 is 2.82 bits per heavy atom. The van der Waals surface area contributed by atoms with Gasteiger partial charge in [-0.05, 0) is 24.2 Å². The van der Waals surface area contributed by atoms with E-state index < -0.39 is 4.92 Å². The number of hydrogen-bond donors (Lipinski definition) is 1. The number of hydrogen-bond acceptors (Lipinski definition) is 6. The van der Waals surface area contributed by atoms with Crippen molar-refractivity contribution in [2.75, 3.05) is 18.1 Å². The first-order valence-electron chi connectivity index (χ1n) is 5.70. The van der Waals surface area contributed by atoms with Crippen LogP contribution in [0.1, 0.15) is 25.7 Å². The lowest BCUT2D eigenvalue weighted by Gasteiger charge is -2.27. The standard InChI is InChI=1S/C10H15N3O3S/c14-6-5-12(8-3-1-2-4-8)10-11-7-9(17-10)13(15)16/h7-8,14H,1-6H2. The van der Waals surface area contributed by atoms with Crippen molar-refractivity contribution >= 4 is 21.5 Å². The van der Waals surface area contributed by atoms with E-state index in [2.05, 4.69) is 4.98 Å². The quantitative estimate of drug-likeness (QED) is 0.642. The molecule has 17 heavy (non-hydrogen) atoms. The SMILES string of the molecule is O=[N+]([O-])c1cnc(N(CCO)C2CCCC2)s1. The van der Waals surface area contributed by atoms with E-state index in [4.69, 9.17) is 5.11 Å². The minimum absolute atomic E-state index is 0.0455. The minimum Gasteiger partial charge on any atom is -0.395 e. The van der Waals surface area contributed by atoms with Gasteiger partial charge >= 0.3 is 5.00 Å². The number of nitrogens with zero attached hydrogens (tertiary/aromatic N) is 3. The van der Waals surface area contributed by atoms with Crippen molar-refractivity contribution in [3.8, 4) is 0 Å². The fourth-order valence-corrected chi connectivity index (χ4v) is 3.06. The van der Waals surface area contributed by atoms with Gasteiger partial charge in [-0.15, -0.1) is 0 Å². The summed E-state index contributed by atoms with van der Waals surface area (Å²) in [4.78, 5) is 16.3. The molecule has 0 bridgehead atoms. The zero-order valence-electron chi connectivity index (χ0n) is 9.41. The molecule has 1 N–H and O–H groups in total. The Labute approximate surface area is 103 Å². The first kappa shape index (κ1) is 12.3. The molecular formula is C10H15N3O3S. The van der Waals surface area contributed by atoms with Crippen LogP contribution in [0.5, 0.6) is 0 Å². The molecule has 0 aromatic carbocycles. The number of thiazole rings is 1. The Bertz CT molecular complexity index is 390. The van der Waals surface area contributed by atoms with E-state index >= 15 is 0 Å². The summed E-state index contributed by atoms with van der Waals surface area (Å²) in [5.74, 6) is 0. The number of aliphatic hydroxyl groups is 1. The lowest BCUT2D eigenvalue weighted by Crippen LogP contribution is -2.35. The van der Waals surface area contributed by atoms with Gasteiger partial charge in [-0.1, -0.05) is 12.8 Å². The van der Waals surface area contributed by atoms with Gasteiger partial charge < -0.3 is 10.0 Å². The van der Waals surface area contributed by atoms with Gasteiger partial charge in [0.2, 0.25) is 0 Å². The molecule has 0 spiro atoms. The number of nitro groups is 1. The first-order valence-corrected chi connectivity index (χ1v) is 6.51. The van der Waals surface area contributed by atoms with Crippen LogP contribution >= 0.6 is 11.3 Å². The molecule has 1 aliphatic carbocycles. The highest BCUT2D eigenvalue weighted by Gasteiger charge is 2.26. The normalized spacial score (nSPS) is 16.3. The van der Waals surface area contributed by atoms with Gasteiger partial charge in [0, 0.05) is 12.6 Å². The predicted octanol–water partition coefficient (Wildman–Crippen LogP) is 1.79. The molecule has 1 aromatic heterocycles. The summed E-state index contributed by atoms with van der Waals surface area (Å²) in [6, 6.07) is 0.368. The van der Waals surface area contributed by atoms with E-state index in [0.29, 0.717) is 17.7 Å². The molecule has 1 aliphatic rings. The predicted molar refractivity (Wildman–Crippen MR) is 65.5 cm³/mol. The monoisotopic (exact) mass is 257 g/mol. The molecule has 0 aliphatic heterocycles. The topological polar surface area (TPSA) is 79.5 Å². The molecule has 0 amide bonds. The molecule has 1 aromatic rings. The highest BCUT2D eigenvalue weighted by atomic mass is 32.1. The van der Waals surface area contributed by atoms with Gasteiger partial charge in [0.1, 0.15) is 6.20 Å². The van der Waals surface area contributed by atoms with Crippen molar-refractivity contribution in [1.29, 1.82) is 0 Å². The van der Waals surface area contributed by atoms with Crippen LogP contribution < -0.4 is 4.90 Å². The Kier molecular flexibility index (Phi) is 3.90. The third-order valence-corrected chi connectivity index (χ3v) is 4.00. The van der Waals surface area contributed by atoms with Gasteiger partial charge in [-0.25, -0.2) is 4.98 Å². The maximum absolute atomic E-state index is 10.6. The average Bonchev–Trinajstić information content (AvgIpc) is 2.97. The minimum atomic E-state index is -0.424. The summed E-state index contributed by atoms with van der Waals surface area (Å²) < 4.78 is 0. The van der Waals surface area contributed by atoms with E-state index in [1.165, 1.54) is 19.0 Å². The summed E-state index contributed by atoms with van der Waals surface area (Å²) in [5, 5.41) is 20.4. The molecule has 1 fully saturated rings. The van der Waals surface area contributed by atoms with Crippen LogP contribution in [0.2, 0.25) is 0 Å². The molecular weight excluding hydrogens is 242 g/mol. The molecule has 0 atom stereocenters. The largest absolute Gasteiger partial charge is 0.395 e. The van der Waals surface area contributed by atoms with E-state index in [1.807, 2.05) is 4.90 Å². The van der Waals surface area contributed by atoms with Crippen molar-refractivity contribution < 1.29 is 10.0 Å². The second kappa shape index (κ2) is 5.42. The Balaban J connectivity index is 2.15. The van der Waals surface area contributed by atoms with Crippen LogP contribution in [0, 0.1) is 10.1 Å². The highest BCUT2D eigenvalue weighted by molar-refractivity contribution is 7.18. The van der Waals surface area contributed by atoms with Crippen LogP contribution in [0.25, 0.3) is 0 Å². The van der Waals surface area contributed by atoms with Crippen molar-refractivity contribution in [3.63, 3.8) is 0 Å². The van der Waals surface area contributed by atoms with Crippen molar-refractivity contribution in [1.82, 2.24) is 4.98 Å². The fourth-order valence-electron chi connectivity index (χ4n) is 2.23. The van der Waals surface area contributed by atoms with Gasteiger partial charge in [-0.3, -0.25) is 10.1 Å². The van der Waals surface area contributed by atoms with E-state index in [-0.39, 0.29) is 11.6 Å². The smallest absolute Gasteiger partial charge is 0.345 e. The molecule has 1 saturated carbocycles. The van der Waals surface area contributed by atoms with E-state index in [0.717, 1.165) is 24.2 Å². The zero-order valence-corrected chi connectivity index (χ0v) is 10.2. The Hall–Kier alpha value is -1.21. The van der Waals surface area contributed by atoms with E-state index in [1.54, 1.807) is 0 Å². The van der Waals surface area contributed by atoms with Crippen LogP contribution in [0.4, 0.5) is 10.1 Å². The van der Waals surface area contributed by atoms with Gasteiger partial charge in [-0.2, -0.15) is 0 Å². The van der Waals surface area contributed by atoms with Crippen LogP contribution in [0.15, 0.2) is 6.20 Å². The molecule has 0 radical (unpaired) electrons. The summed E-state index contributed by atoms with van der Waals surface area (Å²) in [7, 11) is 0. The zero-order chi connectivity index (χ0) is 12.3. The summed E-state index contributed by atoms with van der Waals surface area (Å²) >= 11 is 1.08. The molecule has 0 unspecified atom stereocenters. The lowest BCUT2D eigenvalue weighted by atomic mass is 10.2. The van der Waals surface area contributed by atoms with Crippen molar-refractivity contribution in [2.45, 2.75) is 31.7 Å². The van der Waals surface area contributed by atoms with Gasteiger partial charge in [0.05, 0.1) is 11.5 Å². The summed E-state index contributed by atoms with van der Waals surface area (Å²) in [6.07, 6.45) is 5.81. The number of aliphatic hydroxyl groups excluding tert-OH is 1. The third kappa shape index (κ3) is 2.73. The second-order valence-corrected chi connectivity index (χ2v) is 5.08. The van der Waals surface area contributed by atoms with E-state index in [9.17, 15) is 10.1 Å². The first-order chi connectivity index (χ1) is 8.22. The van der Waals surface area contributed by atoms with Crippen LogP contribution in [-0.4, -0.2) is 34.2 Å². The van der Waals surface area contributed by atoms with Crippen molar-refractivity contribution in [2.24, 2.45) is 0 Å². The molecule has 94 valence electrons. The van der Waals surface area contributed by atoms with Crippen LogP contribution in [0.3, 0.4) is 0 Å². The molecule has 0 saturated heterocycles. The van der Waals surface area contributed by atoms with Gasteiger partial charge in [0.25, 0.3) is 0 Å². The summed E-state index contributed by atoms with van der Waals surface area (Å²) in [6.45, 7) is 0.541. The summed E-state index contributed by atoms with van der Waals surface area (Å²) in [5.41, 5.74) is 0. The van der Waals surface area contributed by atoms with Crippen molar-refractivity contribution in [3.05, 3.63) is 16.3 Å². The third-order valence-electron chi connectivity index (χ3n) is 3.01. The Morgan fingerprint density at radius 2 is 2.29 bits per heavy atom. The second-order valence-electron chi connectivity index (χ2n) is 4.09. The Morgan fingerprint density at radius 1 is 1.59 bits per heavy atom. The highest BCUT2D eigenvalue weighted by Crippen LogP contribution is 2.33. The fraction of sp³-hybridized carbons (Fsp3) is 0.700. The lowest BCUT2D eigenvalue weighted by molar-refractivity contribution is -0.380. The molecule has 6 nitrogen and oxygen atoms in total. The van der Waals surface area contributed by atoms with Crippen LogP contribution in [-0.2, 0) is 0 Å². The number of rotatable bonds is 5. The maximum atomic E-state index is 10.6. The number of aromatic nitrogens is 1. The maximum Gasteiger partial charge on any atom is 0.345 e.